The summed E-state index contributed by atoms with van der Waals surface area (Å²) in [6, 6.07) is 4.04. The zero-order chi connectivity index (χ0) is 12.7. The molecule has 0 bridgehead atoms. The molecule has 0 atom stereocenters. The Labute approximate surface area is 100 Å². The number of hydrogen-bond acceptors (Lipinski definition) is 3. The Bertz CT molecular complexity index is 426. The van der Waals surface area contributed by atoms with Gasteiger partial charge in [0, 0.05) is 12.6 Å². The van der Waals surface area contributed by atoms with E-state index >= 15 is 0 Å². The number of nitrogens with one attached hydrogen (secondary N) is 1. The molecule has 0 aromatic carbocycles. The summed E-state index contributed by atoms with van der Waals surface area (Å²) in [6.45, 7) is 2.68. The number of carbonyl (C=O) groups excluding carboxylic acids is 1. The van der Waals surface area contributed by atoms with Crippen LogP contribution < -0.4 is 10.9 Å². The summed E-state index contributed by atoms with van der Waals surface area (Å²) in [7, 11) is 0. The molecule has 0 spiro atoms. The van der Waals surface area contributed by atoms with Gasteiger partial charge < -0.3 is 10.5 Å². The van der Waals surface area contributed by atoms with E-state index < -0.39 is 11.5 Å². The van der Waals surface area contributed by atoms with E-state index in [4.69, 9.17) is 0 Å². The highest BCUT2D eigenvalue weighted by Crippen LogP contribution is 1.98. The largest absolute Gasteiger partial charge is 0.425 e. The Morgan fingerprint density at radius 1 is 1.35 bits per heavy atom. The third-order valence-corrected chi connectivity index (χ3v) is 2.48. The second kappa shape index (κ2) is 6.73. The Morgan fingerprint density at radius 2 is 2.12 bits per heavy atom. The van der Waals surface area contributed by atoms with Crippen molar-refractivity contribution in [1.29, 1.82) is 0 Å². The number of amides is 1. The van der Waals surface area contributed by atoms with Gasteiger partial charge in [-0.15, -0.1) is 4.73 Å². The molecule has 1 rings (SSSR count). The van der Waals surface area contributed by atoms with Gasteiger partial charge in [0.05, 0.1) is 0 Å². The van der Waals surface area contributed by atoms with Crippen molar-refractivity contribution in [2.24, 2.45) is 0 Å². The van der Waals surface area contributed by atoms with E-state index in [9.17, 15) is 14.8 Å². The van der Waals surface area contributed by atoms with E-state index in [1.807, 2.05) is 0 Å². The molecule has 0 unspecified atom stereocenters. The van der Waals surface area contributed by atoms with Gasteiger partial charge in [0.2, 0.25) is 0 Å². The third-order valence-electron chi connectivity index (χ3n) is 2.48. The summed E-state index contributed by atoms with van der Waals surface area (Å²) in [5, 5.41) is 12.0. The molecular weight excluding hydrogens is 220 g/mol. The average molecular weight is 238 g/mol. The van der Waals surface area contributed by atoms with Gasteiger partial charge in [-0.3, -0.25) is 9.59 Å². The van der Waals surface area contributed by atoms with Crippen LogP contribution in [0, 0.1) is 0 Å². The molecule has 1 aromatic heterocycles. The number of nitrogens with zero attached hydrogens (tertiary/aromatic N) is 1. The number of rotatable bonds is 6. The van der Waals surface area contributed by atoms with Crippen molar-refractivity contribution < 1.29 is 10.0 Å². The summed E-state index contributed by atoms with van der Waals surface area (Å²) in [5.74, 6) is -0.429. The van der Waals surface area contributed by atoms with Gasteiger partial charge >= 0.3 is 0 Å². The van der Waals surface area contributed by atoms with E-state index in [2.05, 4.69) is 12.2 Å². The first kappa shape index (κ1) is 13.3. The number of pyridine rings is 1. The van der Waals surface area contributed by atoms with Crippen molar-refractivity contribution in [3.05, 3.63) is 34.2 Å². The molecule has 1 aromatic rings. The van der Waals surface area contributed by atoms with Crippen molar-refractivity contribution in [2.75, 3.05) is 6.54 Å². The van der Waals surface area contributed by atoms with E-state index in [1.165, 1.54) is 18.2 Å². The summed E-state index contributed by atoms with van der Waals surface area (Å²) >= 11 is 0. The lowest BCUT2D eigenvalue weighted by Crippen LogP contribution is -2.31. The van der Waals surface area contributed by atoms with E-state index in [0.717, 1.165) is 25.7 Å². The molecule has 0 saturated heterocycles. The van der Waals surface area contributed by atoms with Crippen LogP contribution in [0.1, 0.15) is 43.1 Å². The number of aromatic nitrogens is 1. The predicted molar refractivity (Wildman–Crippen MR) is 64.4 cm³/mol. The standard InChI is InChI=1S/C12H18N2O3/c1-2-3-4-5-9-13-12(16)10-7-6-8-11(15)14(10)17/h6-8,17H,2-5,9H2,1H3,(H,13,16). The van der Waals surface area contributed by atoms with Crippen LogP contribution in [0.15, 0.2) is 23.0 Å². The Hall–Kier alpha value is -1.78. The summed E-state index contributed by atoms with van der Waals surface area (Å²) in [5.41, 5.74) is -0.642. The van der Waals surface area contributed by atoms with E-state index in [0.29, 0.717) is 11.3 Å². The zero-order valence-electron chi connectivity index (χ0n) is 9.98. The van der Waals surface area contributed by atoms with Crippen molar-refractivity contribution >= 4 is 5.91 Å². The molecule has 0 radical (unpaired) electrons. The molecule has 0 aliphatic carbocycles. The molecule has 0 saturated carbocycles. The maximum atomic E-state index is 11.6. The van der Waals surface area contributed by atoms with Gasteiger partial charge in [0.15, 0.2) is 0 Å². The second-order valence-corrected chi connectivity index (χ2v) is 3.88. The molecule has 1 amide bonds. The van der Waals surface area contributed by atoms with Gasteiger partial charge in [-0.1, -0.05) is 32.3 Å². The van der Waals surface area contributed by atoms with E-state index in [1.54, 1.807) is 0 Å². The molecular formula is C12H18N2O3. The molecule has 0 fully saturated rings. The van der Waals surface area contributed by atoms with E-state index in [-0.39, 0.29) is 5.69 Å². The highest BCUT2D eigenvalue weighted by molar-refractivity contribution is 5.92. The normalized spacial score (nSPS) is 10.2. The molecule has 0 aliphatic heterocycles. The van der Waals surface area contributed by atoms with Crippen LogP contribution in [-0.4, -0.2) is 22.4 Å². The van der Waals surface area contributed by atoms with Gasteiger partial charge in [-0.2, -0.15) is 0 Å². The highest BCUT2D eigenvalue weighted by Gasteiger charge is 2.10. The lowest BCUT2D eigenvalue weighted by atomic mass is 10.2. The minimum atomic E-state index is -0.608. The maximum absolute atomic E-state index is 11.6. The second-order valence-electron chi connectivity index (χ2n) is 3.88. The minimum absolute atomic E-state index is 0.0343. The Morgan fingerprint density at radius 3 is 2.82 bits per heavy atom. The van der Waals surface area contributed by atoms with Crippen LogP contribution in [0.5, 0.6) is 0 Å². The fraction of sp³-hybridized carbons (Fsp3) is 0.500. The third kappa shape index (κ3) is 3.94. The molecule has 2 N–H and O–H groups in total. The van der Waals surface area contributed by atoms with Crippen molar-refractivity contribution in [3.8, 4) is 0 Å². The van der Waals surface area contributed by atoms with Crippen LogP contribution in [0.4, 0.5) is 0 Å². The van der Waals surface area contributed by atoms with Crippen LogP contribution in [0.3, 0.4) is 0 Å². The fourth-order valence-electron chi connectivity index (χ4n) is 1.50. The van der Waals surface area contributed by atoms with Crippen LogP contribution in [0.25, 0.3) is 0 Å². The minimum Gasteiger partial charge on any atom is -0.425 e. The summed E-state index contributed by atoms with van der Waals surface area (Å²) in [4.78, 5) is 22.7. The number of unbranched alkanes of at least 4 members (excludes halogenated alkanes) is 3. The topological polar surface area (TPSA) is 71.3 Å². The monoisotopic (exact) mass is 238 g/mol. The first-order chi connectivity index (χ1) is 8.16. The number of carbonyl (C=O) groups is 1. The highest BCUT2D eigenvalue weighted by atomic mass is 16.5. The molecule has 5 heteroatoms. The van der Waals surface area contributed by atoms with Gasteiger partial charge in [-0.25, -0.2) is 0 Å². The van der Waals surface area contributed by atoms with Crippen molar-refractivity contribution in [2.45, 2.75) is 32.6 Å². The first-order valence-electron chi connectivity index (χ1n) is 5.86. The van der Waals surface area contributed by atoms with Crippen LogP contribution >= 0.6 is 0 Å². The quantitative estimate of drug-likeness (QED) is 0.581. The molecule has 0 aliphatic rings. The Balaban J connectivity index is 2.47. The van der Waals surface area contributed by atoms with Crippen molar-refractivity contribution in [1.82, 2.24) is 10.0 Å². The summed E-state index contributed by atoms with van der Waals surface area (Å²) < 4.78 is 0.362. The molecule has 17 heavy (non-hydrogen) atoms. The summed E-state index contributed by atoms with van der Waals surface area (Å²) in [6.07, 6.45) is 4.26. The SMILES string of the molecule is CCCCCCNC(=O)c1cccc(=O)n1O. The smallest absolute Gasteiger partial charge is 0.283 e. The van der Waals surface area contributed by atoms with Crippen molar-refractivity contribution in [3.63, 3.8) is 0 Å². The first-order valence-corrected chi connectivity index (χ1v) is 5.86. The molecule has 1 heterocycles. The maximum Gasteiger partial charge on any atom is 0.283 e. The lowest BCUT2D eigenvalue weighted by molar-refractivity contribution is 0.0891. The zero-order valence-corrected chi connectivity index (χ0v) is 9.98. The van der Waals surface area contributed by atoms with Gasteiger partial charge in [-0.05, 0) is 12.5 Å². The van der Waals surface area contributed by atoms with Crippen LogP contribution in [-0.2, 0) is 0 Å². The fourth-order valence-corrected chi connectivity index (χ4v) is 1.50. The molecule has 5 nitrogen and oxygen atoms in total. The Kier molecular flexibility index (Phi) is 5.26. The molecule has 94 valence electrons. The number of hydrogen-bond donors (Lipinski definition) is 2. The lowest BCUT2D eigenvalue weighted by Gasteiger charge is -2.07. The van der Waals surface area contributed by atoms with Gasteiger partial charge in [0.25, 0.3) is 11.5 Å². The average Bonchev–Trinajstić information content (AvgIpc) is 2.32. The van der Waals surface area contributed by atoms with Crippen LogP contribution in [0.2, 0.25) is 0 Å². The van der Waals surface area contributed by atoms with Gasteiger partial charge in [0.1, 0.15) is 5.69 Å². The predicted octanol–water partition coefficient (Wildman–Crippen LogP) is 1.40.